The fourth-order valence-corrected chi connectivity index (χ4v) is 3.51. The Labute approximate surface area is 146 Å². The van der Waals surface area contributed by atoms with Crippen molar-refractivity contribution in [2.75, 3.05) is 11.9 Å². The third-order valence-corrected chi connectivity index (χ3v) is 4.95. The molecule has 0 saturated carbocycles. The van der Waals surface area contributed by atoms with Crippen molar-refractivity contribution in [1.29, 1.82) is 0 Å². The second-order valence-corrected chi connectivity index (χ2v) is 6.65. The van der Waals surface area contributed by atoms with Crippen LogP contribution in [-0.4, -0.2) is 29.3 Å². The molecule has 0 spiro atoms. The molecule has 0 aliphatic carbocycles. The average Bonchev–Trinajstić information content (AvgIpc) is 3.16. The molecule has 2 amide bonds. The molecule has 1 atom stereocenters. The number of anilines is 1. The number of thiophene rings is 1. The van der Waals surface area contributed by atoms with Crippen LogP contribution in [0.4, 0.5) is 18.9 Å². The Morgan fingerprint density at radius 2 is 1.92 bits per heavy atom. The summed E-state index contributed by atoms with van der Waals surface area (Å²) in [7, 11) is 0. The molecule has 1 saturated heterocycles. The number of nitrogens with one attached hydrogen (secondary N) is 1. The van der Waals surface area contributed by atoms with Gasteiger partial charge in [0.2, 0.25) is 5.91 Å². The number of halogens is 3. The van der Waals surface area contributed by atoms with E-state index in [9.17, 15) is 22.8 Å². The van der Waals surface area contributed by atoms with Gasteiger partial charge in [0.05, 0.1) is 10.6 Å². The first-order valence-electron chi connectivity index (χ1n) is 7.78. The Hall–Kier alpha value is -2.35. The van der Waals surface area contributed by atoms with Crippen LogP contribution >= 0.6 is 11.3 Å². The molecule has 1 fully saturated rings. The fourth-order valence-electron chi connectivity index (χ4n) is 2.83. The lowest BCUT2D eigenvalue weighted by atomic mass is 10.0. The van der Waals surface area contributed by atoms with Crippen LogP contribution in [0.25, 0.3) is 0 Å². The van der Waals surface area contributed by atoms with Crippen molar-refractivity contribution < 1.29 is 22.8 Å². The molecule has 1 N–H and O–H groups in total. The van der Waals surface area contributed by atoms with Crippen molar-refractivity contribution in [3.8, 4) is 0 Å². The Morgan fingerprint density at radius 1 is 1.12 bits per heavy atom. The van der Waals surface area contributed by atoms with Crippen LogP contribution in [0.1, 0.15) is 28.9 Å². The molecule has 132 valence electrons. The molecule has 2 aromatic rings. The molecule has 4 nitrogen and oxygen atoms in total. The van der Waals surface area contributed by atoms with Crippen LogP contribution < -0.4 is 5.32 Å². The first-order valence-corrected chi connectivity index (χ1v) is 8.66. The highest BCUT2D eigenvalue weighted by Crippen LogP contribution is 2.24. The van der Waals surface area contributed by atoms with Crippen molar-refractivity contribution in [2.24, 2.45) is 0 Å². The number of rotatable bonds is 3. The van der Waals surface area contributed by atoms with Gasteiger partial charge in [0.1, 0.15) is 6.04 Å². The largest absolute Gasteiger partial charge is 0.326 e. The van der Waals surface area contributed by atoms with E-state index in [-0.39, 0.29) is 5.91 Å². The number of hydrogen-bond acceptors (Lipinski definition) is 3. The van der Waals surface area contributed by atoms with E-state index in [1.54, 1.807) is 17.5 Å². The average molecular weight is 368 g/mol. The molecule has 1 aromatic heterocycles. The van der Waals surface area contributed by atoms with Crippen molar-refractivity contribution in [2.45, 2.75) is 25.3 Å². The van der Waals surface area contributed by atoms with Crippen molar-refractivity contribution >= 4 is 28.8 Å². The van der Waals surface area contributed by atoms with Gasteiger partial charge in [-0.25, -0.2) is 13.2 Å². The molecule has 1 aliphatic heterocycles. The first kappa shape index (κ1) is 17.5. The lowest BCUT2D eigenvalue weighted by molar-refractivity contribution is -0.121. The van der Waals surface area contributed by atoms with Crippen LogP contribution in [0.3, 0.4) is 0 Å². The van der Waals surface area contributed by atoms with Gasteiger partial charge in [0, 0.05) is 6.54 Å². The Morgan fingerprint density at radius 3 is 2.64 bits per heavy atom. The monoisotopic (exact) mass is 368 g/mol. The Balaban J connectivity index is 1.80. The number of carbonyl (C=O) groups is 2. The van der Waals surface area contributed by atoms with E-state index in [4.69, 9.17) is 0 Å². The maximum absolute atomic E-state index is 13.8. The summed E-state index contributed by atoms with van der Waals surface area (Å²) in [5.74, 6) is -5.31. The normalized spacial score (nSPS) is 17.4. The SMILES string of the molecule is O=C(Nc1ccc(F)c(F)c1F)[C@@H]1CCCCN1C(=O)c1cccs1. The summed E-state index contributed by atoms with van der Waals surface area (Å²) in [5.41, 5.74) is -0.446. The van der Waals surface area contributed by atoms with Crippen LogP contribution in [0, 0.1) is 17.5 Å². The van der Waals surface area contributed by atoms with Gasteiger partial charge in [-0.15, -0.1) is 11.3 Å². The summed E-state index contributed by atoms with van der Waals surface area (Å²) in [6, 6.07) is 4.33. The van der Waals surface area contributed by atoms with Crippen LogP contribution in [-0.2, 0) is 4.79 Å². The maximum Gasteiger partial charge on any atom is 0.264 e. The molecule has 2 heterocycles. The van der Waals surface area contributed by atoms with Crippen LogP contribution in [0.5, 0.6) is 0 Å². The van der Waals surface area contributed by atoms with Gasteiger partial charge < -0.3 is 10.2 Å². The highest BCUT2D eigenvalue weighted by molar-refractivity contribution is 7.12. The van der Waals surface area contributed by atoms with Crippen molar-refractivity contribution in [3.63, 3.8) is 0 Å². The van der Waals surface area contributed by atoms with Crippen molar-refractivity contribution in [1.82, 2.24) is 4.90 Å². The topological polar surface area (TPSA) is 49.4 Å². The lowest BCUT2D eigenvalue weighted by Crippen LogP contribution is -2.49. The van der Waals surface area contributed by atoms with E-state index in [0.29, 0.717) is 17.8 Å². The second kappa shape index (κ2) is 7.26. The van der Waals surface area contributed by atoms with Gasteiger partial charge in [0.15, 0.2) is 17.5 Å². The highest BCUT2D eigenvalue weighted by atomic mass is 32.1. The molecule has 25 heavy (non-hydrogen) atoms. The lowest BCUT2D eigenvalue weighted by Gasteiger charge is -2.34. The number of nitrogens with zero attached hydrogens (tertiary/aromatic N) is 1. The third kappa shape index (κ3) is 3.53. The predicted octanol–water partition coefficient (Wildman–Crippen LogP) is 3.80. The first-order chi connectivity index (χ1) is 12.0. The van der Waals surface area contributed by atoms with Gasteiger partial charge in [-0.05, 0) is 42.8 Å². The molecular weight excluding hydrogens is 353 g/mol. The van der Waals surface area contributed by atoms with E-state index in [1.165, 1.54) is 16.2 Å². The summed E-state index contributed by atoms with van der Waals surface area (Å²) in [5, 5.41) is 4.03. The number of piperidine rings is 1. The predicted molar refractivity (Wildman–Crippen MR) is 87.9 cm³/mol. The maximum atomic E-state index is 13.8. The van der Waals surface area contributed by atoms with Gasteiger partial charge in [0.25, 0.3) is 5.91 Å². The zero-order chi connectivity index (χ0) is 18.0. The van der Waals surface area contributed by atoms with E-state index in [2.05, 4.69) is 5.32 Å². The van der Waals surface area contributed by atoms with Gasteiger partial charge >= 0.3 is 0 Å². The molecule has 8 heteroatoms. The Kier molecular flexibility index (Phi) is 5.08. The molecule has 0 unspecified atom stereocenters. The van der Waals surface area contributed by atoms with E-state index < -0.39 is 35.1 Å². The number of hydrogen-bond donors (Lipinski definition) is 1. The van der Waals surface area contributed by atoms with Gasteiger partial charge in [-0.2, -0.15) is 0 Å². The summed E-state index contributed by atoms with van der Waals surface area (Å²) in [6.45, 7) is 0.412. The van der Waals surface area contributed by atoms with Gasteiger partial charge in [-0.1, -0.05) is 6.07 Å². The second-order valence-electron chi connectivity index (χ2n) is 5.70. The summed E-state index contributed by atoms with van der Waals surface area (Å²) in [6.07, 6.45) is 1.93. The zero-order valence-corrected chi connectivity index (χ0v) is 13.9. The van der Waals surface area contributed by atoms with E-state index in [1.807, 2.05) is 0 Å². The molecule has 0 radical (unpaired) electrons. The molecule has 0 bridgehead atoms. The minimum atomic E-state index is -1.65. The molecular formula is C17H15F3N2O2S. The molecule has 1 aromatic carbocycles. The zero-order valence-electron chi connectivity index (χ0n) is 13.1. The smallest absolute Gasteiger partial charge is 0.264 e. The van der Waals surface area contributed by atoms with Crippen LogP contribution in [0.2, 0.25) is 0 Å². The third-order valence-electron chi connectivity index (χ3n) is 4.09. The summed E-state index contributed by atoms with van der Waals surface area (Å²) in [4.78, 5) is 27.0. The number of carbonyl (C=O) groups excluding carboxylic acids is 2. The molecule has 3 rings (SSSR count). The molecule has 1 aliphatic rings. The fraction of sp³-hybridized carbons (Fsp3) is 0.294. The summed E-state index contributed by atoms with van der Waals surface area (Å²) >= 11 is 1.27. The van der Waals surface area contributed by atoms with Crippen molar-refractivity contribution in [3.05, 3.63) is 52.0 Å². The standard InChI is InChI=1S/C17H15F3N2O2S/c18-10-6-7-11(15(20)14(10)19)21-16(23)12-4-1-2-8-22(12)17(24)13-5-3-9-25-13/h3,5-7,9,12H,1-2,4,8H2,(H,21,23)/t12-/m0/s1. The van der Waals surface area contributed by atoms with E-state index >= 15 is 0 Å². The van der Waals surface area contributed by atoms with E-state index in [0.717, 1.165) is 25.0 Å². The van der Waals surface area contributed by atoms with Gasteiger partial charge in [-0.3, -0.25) is 9.59 Å². The van der Waals surface area contributed by atoms with Crippen LogP contribution in [0.15, 0.2) is 29.6 Å². The minimum Gasteiger partial charge on any atom is -0.326 e. The summed E-state index contributed by atoms with van der Waals surface area (Å²) < 4.78 is 40.1. The number of benzene rings is 1. The highest BCUT2D eigenvalue weighted by Gasteiger charge is 2.33. The number of amides is 2. The Bertz CT molecular complexity index is 795. The minimum absolute atomic E-state index is 0.263. The quantitative estimate of drug-likeness (QED) is 0.838. The number of likely N-dealkylation sites (tertiary alicyclic amines) is 1.